The maximum absolute atomic E-state index is 6.03. The lowest BCUT2D eigenvalue weighted by atomic mass is 10.0. The third-order valence-corrected chi connectivity index (χ3v) is 4.77. The van der Waals surface area contributed by atoms with Gasteiger partial charge in [0.15, 0.2) is 0 Å². The number of nitrogens with zero attached hydrogens (tertiary/aromatic N) is 1. The van der Waals surface area contributed by atoms with E-state index in [0.29, 0.717) is 18.6 Å². The zero-order valence-corrected chi connectivity index (χ0v) is 12.3. The highest BCUT2D eigenvalue weighted by molar-refractivity contribution is 9.10. The number of hydrogen-bond donors (Lipinski definition) is 1. The summed E-state index contributed by atoms with van der Waals surface area (Å²) in [7, 11) is 0. The van der Waals surface area contributed by atoms with E-state index in [-0.39, 0.29) is 0 Å². The van der Waals surface area contributed by atoms with E-state index in [0.717, 1.165) is 16.0 Å². The summed E-state index contributed by atoms with van der Waals surface area (Å²) < 4.78 is 0.946. The molecule has 0 amide bonds. The van der Waals surface area contributed by atoms with Crippen molar-refractivity contribution in [1.82, 2.24) is 4.90 Å². The molecule has 2 nitrogen and oxygen atoms in total. The first-order valence-electron chi connectivity index (χ1n) is 6.04. The molecule has 0 spiro atoms. The fourth-order valence-corrected chi connectivity index (χ4v) is 3.12. The lowest BCUT2D eigenvalue weighted by molar-refractivity contribution is 0.195. The minimum Gasteiger partial charge on any atom is -0.329 e. The number of rotatable bonds is 3. The van der Waals surface area contributed by atoms with E-state index in [1.54, 1.807) is 0 Å². The molecule has 1 aromatic carbocycles. The Bertz CT molecular complexity index is 397. The topological polar surface area (TPSA) is 29.3 Å². The van der Waals surface area contributed by atoms with Crippen LogP contribution in [0.25, 0.3) is 0 Å². The number of nitrogens with two attached hydrogens (primary N) is 1. The third kappa shape index (κ3) is 2.84. The maximum Gasteiger partial charge on any atom is 0.0548 e. The molecule has 2 atom stereocenters. The van der Waals surface area contributed by atoms with Crippen LogP contribution in [0.15, 0.2) is 22.7 Å². The predicted octanol–water partition coefficient (Wildman–Crippen LogP) is 3.59. The fraction of sp³-hybridized carbons (Fsp3) is 0.538. The quantitative estimate of drug-likeness (QED) is 0.923. The van der Waals surface area contributed by atoms with Crippen LogP contribution in [0.4, 0.5) is 0 Å². The molecule has 0 aliphatic carbocycles. The molecule has 1 aliphatic heterocycles. The monoisotopic (exact) mass is 316 g/mol. The predicted molar refractivity (Wildman–Crippen MR) is 76.3 cm³/mol. The van der Waals surface area contributed by atoms with Crippen LogP contribution in [-0.2, 0) is 0 Å². The molecule has 94 valence electrons. The number of benzene rings is 1. The third-order valence-electron chi connectivity index (χ3n) is 3.56. The van der Waals surface area contributed by atoms with Gasteiger partial charge in [-0.05, 0) is 59.9 Å². The summed E-state index contributed by atoms with van der Waals surface area (Å²) in [4.78, 5) is 2.50. The molecule has 1 fully saturated rings. The summed E-state index contributed by atoms with van der Waals surface area (Å²) in [5.74, 6) is 0. The van der Waals surface area contributed by atoms with Crippen LogP contribution >= 0.6 is 27.5 Å². The Morgan fingerprint density at radius 1 is 1.59 bits per heavy atom. The van der Waals surface area contributed by atoms with Crippen molar-refractivity contribution in [3.05, 3.63) is 33.3 Å². The normalized spacial score (nSPS) is 22.9. The van der Waals surface area contributed by atoms with Crippen molar-refractivity contribution in [2.24, 2.45) is 5.73 Å². The van der Waals surface area contributed by atoms with Crippen LogP contribution in [0.2, 0.25) is 5.02 Å². The van der Waals surface area contributed by atoms with E-state index >= 15 is 0 Å². The highest BCUT2D eigenvalue weighted by Crippen LogP contribution is 2.32. The second kappa shape index (κ2) is 5.70. The molecule has 1 aromatic rings. The van der Waals surface area contributed by atoms with Gasteiger partial charge in [0.05, 0.1) is 5.02 Å². The van der Waals surface area contributed by atoms with E-state index in [4.69, 9.17) is 17.3 Å². The van der Waals surface area contributed by atoms with E-state index in [1.165, 1.54) is 18.4 Å². The Labute approximate surface area is 116 Å². The Morgan fingerprint density at radius 2 is 2.35 bits per heavy atom. The molecule has 2 unspecified atom stereocenters. The average Bonchev–Trinajstić information content (AvgIpc) is 2.71. The molecule has 1 heterocycles. The Balaban J connectivity index is 2.25. The molecule has 0 aromatic heterocycles. The van der Waals surface area contributed by atoms with Gasteiger partial charge in [-0.25, -0.2) is 0 Å². The summed E-state index contributed by atoms with van der Waals surface area (Å²) >= 11 is 9.50. The van der Waals surface area contributed by atoms with E-state index in [1.807, 2.05) is 6.07 Å². The van der Waals surface area contributed by atoms with Crippen LogP contribution in [0.1, 0.15) is 31.4 Å². The van der Waals surface area contributed by atoms with E-state index in [9.17, 15) is 0 Å². The average molecular weight is 318 g/mol. The van der Waals surface area contributed by atoms with E-state index in [2.05, 4.69) is 39.9 Å². The Morgan fingerprint density at radius 3 is 2.88 bits per heavy atom. The number of hydrogen-bond acceptors (Lipinski definition) is 2. The standard InChI is InChI=1S/C13H18BrClN2/c1-9-3-2-6-17(9)13(8-16)10-4-5-12(15)11(14)7-10/h4-5,7,9,13H,2-3,6,8,16H2,1H3. The summed E-state index contributed by atoms with van der Waals surface area (Å²) in [6.07, 6.45) is 2.54. The molecule has 1 aliphatic rings. The van der Waals surface area contributed by atoms with Crippen molar-refractivity contribution >= 4 is 27.5 Å². The van der Waals surface area contributed by atoms with Crippen molar-refractivity contribution in [2.75, 3.05) is 13.1 Å². The van der Waals surface area contributed by atoms with Gasteiger partial charge in [0.25, 0.3) is 0 Å². The maximum atomic E-state index is 6.03. The highest BCUT2D eigenvalue weighted by Gasteiger charge is 2.28. The SMILES string of the molecule is CC1CCCN1C(CN)c1ccc(Cl)c(Br)c1. The zero-order chi connectivity index (χ0) is 12.4. The van der Waals surface area contributed by atoms with Crippen molar-refractivity contribution in [3.8, 4) is 0 Å². The van der Waals surface area contributed by atoms with Crippen molar-refractivity contribution in [2.45, 2.75) is 31.8 Å². The summed E-state index contributed by atoms with van der Waals surface area (Å²) in [5.41, 5.74) is 7.19. The smallest absolute Gasteiger partial charge is 0.0548 e. The van der Waals surface area contributed by atoms with Gasteiger partial charge in [-0.2, -0.15) is 0 Å². The van der Waals surface area contributed by atoms with Crippen molar-refractivity contribution in [1.29, 1.82) is 0 Å². The Hall–Kier alpha value is -0.0900. The van der Waals surface area contributed by atoms with Gasteiger partial charge in [-0.15, -0.1) is 0 Å². The molecule has 1 saturated heterocycles. The number of halogens is 2. The zero-order valence-electron chi connectivity index (χ0n) is 10.00. The highest BCUT2D eigenvalue weighted by atomic mass is 79.9. The molecule has 0 saturated carbocycles. The van der Waals surface area contributed by atoms with Crippen LogP contribution in [0.3, 0.4) is 0 Å². The summed E-state index contributed by atoms with van der Waals surface area (Å²) in [6, 6.07) is 7.03. The second-order valence-corrected chi connectivity index (χ2v) is 5.92. The molecule has 0 bridgehead atoms. The minimum absolute atomic E-state index is 0.307. The molecule has 2 N–H and O–H groups in total. The van der Waals surface area contributed by atoms with Gasteiger partial charge < -0.3 is 5.73 Å². The molecule has 2 rings (SSSR count). The van der Waals surface area contributed by atoms with Gasteiger partial charge in [0.2, 0.25) is 0 Å². The minimum atomic E-state index is 0.307. The van der Waals surface area contributed by atoms with Gasteiger partial charge in [-0.1, -0.05) is 17.7 Å². The number of likely N-dealkylation sites (tertiary alicyclic amines) is 1. The molecule has 4 heteroatoms. The van der Waals surface area contributed by atoms with Gasteiger partial charge in [0.1, 0.15) is 0 Å². The molecule has 0 radical (unpaired) electrons. The van der Waals surface area contributed by atoms with Gasteiger partial charge >= 0.3 is 0 Å². The summed E-state index contributed by atoms with van der Waals surface area (Å²) in [5, 5.41) is 0.749. The first-order valence-corrected chi connectivity index (χ1v) is 7.21. The largest absolute Gasteiger partial charge is 0.329 e. The van der Waals surface area contributed by atoms with E-state index < -0.39 is 0 Å². The summed E-state index contributed by atoms with van der Waals surface area (Å²) in [6.45, 7) is 4.07. The van der Waals surface area contributed by atoms with Crippen molar-refractivity contribution in [3.63, 3.8) is 0 Å². The Kier molecular flexibility index (Phi) is 4.47. The van der Waals surface area contributed by atoms with Crippen molar-refractivity contribution < 1.29 is 0 Å². The molecular weight excluding hydrogens is 300 g/mol. The molecule has 17 heavy (non-hydrogen) atoms. The van der Waals surface area contributed by atoms with Crippen LogP contribution in [0, 0.1) is 0 Å². The van der Waals surface area contributed by atoms with Crippen LogP contribution in [-0.4, -0.2) is 24.0 Å². The second-order valence-electron chi connectivity index (χ2n) is 4.65. The fourth-order valence-electron chi connectivity index (χ4n) is 2.60. The lowest BCUT2D eigenvalue weighted by Crippen LogP contribution is -2.35. The molecular formula is C13H18BrClN2. The van der Waals surface area contributed by atoms with Crippen LogP contribution in [0.5, 0.6) is 0 Å². The van der Waals surface area contributed by atoms with Gasteiger partial charge in [0, 0.05) is 23.1 Å². The van der Waals surface area contributed by atoms with Crippen LogP contribution < -0.4 is 5.73 Å². The van der Waals surface area contributed by atoms with Gasteiger partial charge in [-0.3, -0.25) is 4.90 Å². The first-order chi connectivity index (χ1) is 8.13. The lowest BCUT2D eigenvalue weighted by Gasteiger charge is -2.31. The first kappa shape index (κ1) is 13.3.